The lowest BCUT2D eigenvalue weighted by molar-refractivity contribution is 0.573. The number of nitrogens with zero attached hydrogens (tertiary/aromatic N) is 2. The molecule has 2 N–H and O–H groups in total. The van der Waals surface area contributed by atoms with E-state index in [0.717, 1.165) is 11.8 Å². The second kappa shape index (κ2) is 5.27. The lowest BCUT2D eigenvalue weighted by atomic mass is 10.1. The van der Waals surface area contributed by atoms with Gasteiger partial charge in [-0.25, -0.2) is 13.8 Å². The summed E-state index contributed by atoms with van der Waals surface area (Å²) >= 11 is 0. The Morgan fingerprint density at radius 3 is 2.56 bits per heavy atom. The van der Waals surface area contributed by atoms with E-state index in [1.165, 1.54) is 12.1 Å². The van der Waals surface area contributed by atoms with Gasteiger partial charge in [0.1, 0.15) is 11.6 Å². The molecule has 0 spiro atoms. The van der Waals surface area contributed by atoms with E-state index in [2.05, 4.69) is 4.98 Å². The summed E-state index contributed by atoms with van der Waals surface area (Å²) in [5.41, 5.74) is 7.33. The molecule has 0 saturated carbocycles. The van der Waals surface area contributed by atoms with Crippen LogP contribution in [-0.4, -0.2) is 9.55 Å². The molecule has 1 heterocycles. The minimum Gasteiger partial charge on any atom is -0.333 e. The Balaban J connectivity index is 2.09. The van der Waals surface area contributed by atoms with Crippen LogP contribution >= 0.6 is 0 Å². The first kappa shape index (κ1) is 12.7. The SMILES string of the molecule is C[C@@H](N)c1cncn1CCc1cc(F)cc(F)c1. The summed E-state index contributed by atoms with van der Waals surface area (Å²) < 4.78 is 27.9. The maximum absolute atomic E-state index is 13.0. The van der Waals surface area contributed by atoms with Gasteiger partial charge in [-0.05, 0) is 31.0 Å². The Labute approximate surface area is 104 Å². The molecule has 1 aromatic heterocycles. The largest absolute Gasteiger partial charge is 0.333 e. The molecule has 0 aliphatic rings. The average molecular weight is 251 g/mol. The molecule has 2 rings (SSSR count). The quantitative estimate of drug-likeness (QED) is 0.907. The first-order valence-electron chi connectivity index (χ1n) is 5.77. The van der Waals surface area contributed by atoms with Crippen molar-refractivity contribution in [1.82, 2.24) is 9.55 Å². The van der Waals surface area contributed by atoms with Crippen molar-refractivity contribution >= 4 is 0 Å². The zero-order valence-corrected chi connectivity index (χ0v) is 10.1. The zero-order valence-electron chi connectivity index (χ0n) is 10.1. The van der Waals surface area contributed by atoms with Crippen molar-refractivity contribution in [3.8, 4) is 0 Å². The van der Waals surface area contributed by atoms with E-state index >= 15 is 0 Å². The summed E-state index contributed by atoms with van der Waals surface area (Å²) in [5, 5.41) is 0. The molecule has 0 aliphatic heterocycles. The highest BCUT2D eigenvalue weighted by Crippen LogP contribution is 2.12. The summed E-state index contributed by atoms with van der Waals surface area (Å²) in [6, 6.07) is 3.43. The fourth-order valence-electron chi connectivity index (χ4n) is 1.90. The summed E-state index contributed by atoms with van der Waals surface area (Å²) in [6.45, 7) is 2.47. The molecule has 5 heteroatoms. The topological polar surface area (TPSA) is 43.8 Å². The molecule has 0 amide bonds. The van der Waals surface area contributed by atoms with Gasteiger partial charge >= 0.3 is 0 Å². The highest BCUT2D eigenvalue weighted by atomic mass is 19.1. The van der Waals surface area contributed by atoms with E-state index < -0.39 is 11.6 Å². The molecule has 3 nitrogen and oxygen atoms in total. The predicted molar refractivity (Wildman–Crippen MR) is 64.9 cm³/mol. The van der Waals surface area contributed by atoms with Crippen LogP contribution < -0.4 is 5.73 Å². The molecular weight excluding hydrogens is 236 g/mol. The number of imidazole rings is 1. The van der Waals surface area contributed by atoms with Crippen molar-refractivity contribution in [1.29, 1.82) is 0 Å². The fourth-order valence-corrected chi connectivity index (χ4v) is 1.90. The van der Waals surface area contributed by atoms with Crippen molar-refractivity contribution in [2.75, 3.05) is 0 Å². The Hall–Kier alpha value is -1.75. The summed E-state index contributed by atoms with van der Waals surface area (Å²) in [4.78, 5) is 4.03. The van der Waals surface area contributed by atoms with Gasteiger partial charge in [-0.1, -0.05) is 0 Å². The molecule has 0 aliphatic carbocycles. The van der Waals surface area contributed by atoms with Crippen LogP contribution in [0.15, 0.2) is 30.7 Å². The highest BCUT2D eigenvalue weighted by Gasteiger charge is 2.07. The molecule has 0 saturated heterocycles. The van der Waals surface area contributed by atoms with Gasteiger partial charge in [-0.2, -0.15) is 0 Å². The standard InChI is InChI=1S/C13H15F2N3/c1-9(16)13-7-17-8-18(13)3-2-10-4-11(14)6-12(15)5-10/h4-9H,2-3,16H2,1H3/t9-/m1/s1. The van der Waals surface area contributed by atoms with Gasteiger partial charge < -0.3 is 10.3 Å². The maximum atomic E-state index is 13.0. The van der Waals surface area contributed by atoms with E-state index in [0.29, 0.717) is 18.5 Å². The third-order valence-corrected chi connectivity index (χ3v) is 2.77. The number of halogens is 2. The molecule has 0 fully saturated rings. The Morgan fingerprint density at radius 2 is 1.94 bits per heavy atom. The van der Waals surface area contributed by atoms with Gasteiger partial charge in [0.25, 0.3) is 0 Å². The fraction of sp³-hybridized carbons (Fsp3) is 0.308. The van der Waals surface area contributed by atoms with Crippen molar-refractivity contribution in [3.05, 3.63) is 53.6 Å². The van der Waals surface area contributed by atoms with Crippen molar-refractivity contribution in [3.63, 3.8) is 0 Å². The van der Waals surface area contributed by atoms with Crippen LogP contribution in [0.3, 0.4) is 0 Å². The van der Waals surface area contributed by atoms with Crippen LogP contribution in [0.5, 0.6) is 0 Å². The third kappa shape index (κ3) is 2.92. The highest BCUT2D eigenvalue weighted by molar-refractivity contribution is 5.18. The van der Waals surface area contributed by atoms with Gasteiger partial charge in [0.05, 0.1) is 12.0 Å². The lowest BCUT2D eigenvalue weighted by Gasteiger charge is -2.10. The predicted octanol–water partition coefficient (Wildman–Crippen LogP) is 2.42. The molecule has 2 aromatic rings. The van der Waals surface area contributed by atoms with Gasteiger partial charge in [0, 0.05) is 24.8 Å². The van der Waals surface area contributed by atoms with E-state index in [9.17, 15) is 8.78 Å². The number of hydrogen-bond donors (Lipinski definition) is 1. The first-order chi connectivity index (χ1) is 8.56. The molecular formula is C13H15F2N3. The lowest BCUT2D eigenvalue weighted by Crippen LogP contribution is -2.12. The molecule has 1 aromatic carbocycles. The third-order valence-electron chi connectivity index (χ3n) is 2.77. The second-order valence-electron chi connectivity index (χ2n) is 4.33. The van der Waals surface area contributed by atoms with Gasteiger partial charge in [-0.3, -0.25) is 0 Å². The minimum absolute atomic E-state index is 0.114. The van der Waals surface area contributed by atoms with E-state index in [1.54, 1.807) is 12.5 Å². The van der Waals surface area contributed by atoms with Crippen LogP contribution in [0.25, 0.3) is 0 Å². The number of aryl methyl sites for hydroxylation is 2. The van der Waals surface area contributed by atoms with Crippen molar-refractivity contribution in [2.45, 2.75) is 25.9 Å². The second-order valence-corrected chi connectivity index (χ2v) is 4.33. The van der Waals surface area contributed by atoms with Crippen LogP contribution in [0, 0.1) is 11.6 Å². The molecule has 18 heavy (non-hydrogen) atoms. The summed E-state index contributed by atoms with van der Waals surface area (Å²) in [7, 11) is 0. The smallest absolute Gasteiger partial charge is 0.126 e. The molecule has 1 atom stereocenters. The van der Waals surface area contributed by atoms with Gasteiger partial charge in [0.15, 0.2) is 0 Å². The Bertz CT molecular complexity index is 515. The normalized spacial score (nSPS) is 12.7. The van der Waals surface area contributed by atoms with Crippen LogP contribution in [0.2, 0.25) is 0 Å². The minimum atomic E-state index is -0.553. The Kier molecular flexibility index (Phi) is 3.72. The number of hydrogen-bond acceptors (Lipinski definition) is 2. The summed E-state index contributed by atoms with van der Waals surface area (Å²) in [5.74, 6) is -1.11. The van der Waals surface area contributed by atoms with Crippen LogP contribution in [-0.2, 0) is 13.0 Å². The van der Waals surface area contributed by atoms with E-state index in [-0.39, 0.29) is 6.04 Å². The zero-order chi connectivity index (χ0) is 13.1. The number of rotatable bonds is 4. The summed E-state index contributed by atoms with van der Waals surface area (Å²) in [6.07, 6.45) is 3.91. The van der Waals surface area contributed by atoms with Gasteiger partial charge in [0.2, 0.25) is 0 Å². The molecule has 0 unspecified atom stereocenters. The van der Waals surface area contributed by atoms with Crippen LogP contribution in [0.1, 0.15) is 24.2 Å². The van der Waals surface area contributed by atoms with E-state index in [4.69, 9.17) is 5.73 Å². The molecule has 0 radical (unpaired) electrons. The maximum Gasteiger partial charge on any atom is 0.126 e. The number of aromatic nitrogens is 2. The van der Waals surface area contributed by atoms with Crippen molar-refractivity contribution < 1.29 is 8.78 Å². The number of nitrogens with two attached hydrogens (primary N) is 1. The number of benzene rings is 1. The van der Waals surface area contributed by atoms with E-state index in [1.807, 2.05) is 11.5 Å². The Morgan fingerprint density at radius 1 is 1.28 bits per heavy atom. The van der Waals surface area contributed by atoms with Gasteiger partial charge in [-0.15, -0.1) is 0 Å². The first-order valence-corrected chi connectivity index (χ1v) is 5.77. The molecule has 0 bridgehead atoms. The molecule has 96 valence electrons. The van der Waals surface area contributed by atoms with Crippen molar-refractivity contribution in [2.24, 2.45) is 5.73 Å². The monoisotopic (exact) mass is 251 g/mol. The average Bonchev–Trinajstić information content (AvgIpc) is 2.73. The van der Waals surface area contributed by atoms with Crippen LogP contribution in [0.4, 0.5) is 8.78 Å².